The summed E-state index contributed by atoms with van der Waals surface area (Å²) in [5.41, 5.74) is 1.04. The van der Waals surface area contributed by atoms with Crippen LogP contribution in [0.1, 0.15) is 30.3 Å². The van der Waals surface area contributed by atoms with E-state index in [1.54, 1.807) is 23.3 Å². The molecule has 0 unspecified atom stereocenters. The Balaban J connectivity index is 1.97. The topological polar surface area (TPSA) is 61.4 Å². The van der Waals surface area contributed by atoms with Gasteiger partial charge in [-0.05, 0) is 37.9 Å². The van der Waals surface area contributed by atoms with Gasteiger partial charge >= 0.3 is 0 Å². The Bertz CT molecular complexity index is 671. The number of thiophene rings is 1. The molecule has 1 atom stereocenters. The van der Waals surface area contributed by atoms with Crippen molar-refractivity contribution in [3.63, 3.8) is 0 Å². The molecule has 2 N–H and O–H groups in total. The van der Waals surface area contributed by atoms with Crippen molar-refractivity contribution in [2.75, 3.05) is 20.1 Å². The number of nitrogens with zero attached hydrogens (tertiary/aromatic N) is 1. The number of carbonyl (C=O) groups excluding carboxylic acids is 2. The van der Waals surface area contributed by atoms with Gasteiger partial charge in [0.1, 0.15) is 0 Å². The van der Waals surface area contributed by atoms with Crippen LogP contribution in [-0.4, -0.2) is 42.9 Å². The van der Waals surface area contributed by atoms with Gasteiger partial charge in [-0.1, -0.05) is 36.4 Å². The van der Waals surface area contributed by atoms with Crippen LogP contribution in [0.3, 0.4) is 0 Å². The van der Waals surface area contributed by atoms with Crippen molar-refractivity contribution < 1.29 is 9.59 Å². The van der Waals surface area contributed by atoms with Gasteiger partial charge < -0.3 is 10.6 Å². The van der Waals surface area contributed by atoms with Gasteiger partial charge in [0.25, 0.3) is 0 Å². The fraction of sp³-hybridized carbons (Fsp3) is 0.368. The van der Waals surface area contributed by atoms with Gasteiger partial charge in [0.15, 0.2) is 0 Å². The Hall–Kier alpha value is -2.18. The third-order valence-corrected chi connectivity index (χ3v) is 4.48. The molecule has 0 spiro atoms. The normalized spacial score (nSPS) is 12.2. The SMILES string of the molecule is CC(C)NC(=O)CN(C)CC(=O)N[C@@H](c1ccccc1)c1cccs1. The third kappa shape index (κ3) is 6.32. The van der Waals surface area contributed by atoms with E-state index in [0.29, 0.717) is 0 Å². The standard InChI is InChI=1S/C19H25N3O2S/c1-14(2)20-17(23)12-22(3)13-18(24)21-19(16-10-7-11-25-16)15-8-5-4-6-9-15/h4-11,14,19H,12-13H2,1-3H3,(H,20,23)(H,21,24)/t19-/m0/s1. The quantitative estimate of drug-likeness (QED) is 0.761. The molecule has 2 amide bonds. The second kappa shape index (κ2) is 9.34. The van der Waals surface area contributed by atoms with Crippen LogP contribution in [0.25, 0.3) is 0 Å². The highest BCUT2D eigenvalue weighted by molar-refractivity contribution is 7.10. The van der Waals surface area contributed by atoms with Gasteiger partial charge in [-0.2, -0.15) is 0 Å². The number of likely N-dealkylation sites (N-methyl/N-ethyl adjacent to an activating group) is 1. The zero-order chi connectivity index (χ0) is 18.2. The molecule has 6 heteroatoms. The van der Waals surface area contributed by atoms with Crippen molar-refractivity contribution in [2.45, 2.75) is 25.9 Å². The van der Waals surface area contributed by atoms with Crippen LogP contribution < -0.4 is 10.6 Å². The lowest BCUT2D eigenvalue weighted by Crippen LogP contribution is -2.43. The van der Waals surface area contributed by atoms with Crippen molar-refractivity contribution in [3.05, 3.63) is 58.3 Å². The number of hydrogen-bond acceptors (Lipinski definition) is 4. The second-order valence-electron chi connectivity index (χ2n) is 6.32. The van der Waals surface area contributed by atoms with Crippen LogP contribution in [0.4, 0.5) is 0 Å². The minimum Gasteiger partial charge on any atom is -0.353 e. The summed E-state index contributed by atoms with van der Waals surface area (Å²) in [4.78, 5) is 27.0. The van der Waals surface area contributed by atoms with E-state index in [1.807, 2.05) is 61.7 Å². The first-order valence-electron chi connectivity index (χ1n) is 8.31. The lowest BCUT2D eigenvalue weighted by Gasteiger charge is -2.21. The highest BCUT2D eigenvalue weighted by Crippen LogP contribution is 2.25. The minimum atomic E-state index is -0.174. The monoisotopic (exact) mass is 359 g/mol. The molecule has 2 aromatic rings. The van der Waals surface area contributed by atoms with Gasteiger partial charge in [0.2, 0.25) is 11.8 Å². The molecular formula is C19H25N3O2S. The predicted octanol–water partition coefficient (Wildman–Crippen LogP) is 2.41. The summed E-state index contributed by atoms with van der Waals surface area (Å²) in [7, 11) is 1.77. The maximum absolute atomic E-state index is 12.5. The molecule has 1 heterocycles. The van der Waals surface area contributed by atoms with Gasteiger partial charge in [0, 0.05) is 10.9 Å². The number of carbonyl (C=O) groups is 2. The van der Waals surface area contributed by atoms with Gasteiger partial charge in [-0.3, -0.25) is 14.5 Å². The summed E-state index contributed by atoms with van der Waals surface area (Å²) in [5, 5.41) is 7.90. The van der Waals surface area contributed by atoms with Gasteiger partial charge in [-0.25, -0.2) is 0 Å². The molecule has 0 aliphatic carbocycles. The molecule has 2 rings (SSSR count). The maximum atomic E-state index is 12.5. The van der Waals surface area contributed by atoms with E-state index >= 15 is 0 Å². The van der Waals surface area contributed by atoms with E-state index in [2.05, 4.69) is 10.6 Å². The molecule has 0 bridgehead atoms. The molecule has 0 radical (unpaired) electrons. The third-order valence-electron chi connectivity index (χ3n) is 3.54. The van der Waals surface area contributed by atoms with E-state index < -0.39 is 0 Å². The molecule has 0 aliphatic heterocycles. The number of amides is 2. The highest BCUT2D eigenvalue weighted by Gasteiger charge is 2.19. The number of nitrogens with one attached hydrogen (secondary N) is 2. The fourth-order valence-corrected chi connectivity index (χ4v) is 3.34. The zero-order valence-electron chi connectivity index (χ0n) is 14.9. The first-order chi connectivity index (χ1) is 12.0. The van der Waals surface area contributed by atoms with Crippen LogP contribution in [0.15, 0.2) is 47.8 Å². The molecule has 25 heavy (non-hydrogen) atoms. The lowest BCUT2D eigenvalue weighted by molar-refractivity contribution is -0.125. The van der Waals surface area contributed by atoms with Crippen LogP contribution in [0.2, 0.25) is 0 Å². The van der Waals surface area contributed by atoms with E-state index in [9.17, 15) is 9.59 Å². The molecule has 0 saturated heterocycles. The Morgan fingerprint density at radius 3 is 2.20 bits per heavy atom. The van der Waals surface area contributed by atoms with E-state index in [-0.39, 0.29) is 37.0 Å². The molecule has 0 fully saturated rings. The second-order valence-corrected chi connectivity index (χ2v) is 7.30. The molecule has 0 aliphatic rings. The minimum absolute atomic E-state index is 0.0804. The summed E-state index contributed by atoms with van der Waals surface area (Å²) in [6, 6.07) is 13.8. The molecular weight excluding hydrogens is 334 g/mol. The van der Waals surface area contributed by atoms with Crippen molar-refractivity contribution >= 4 is 23.2 Å². The van der Waals surface area contributed by atoms with Gasteiger partial charge in [-0.15, -0.1) is 11.3 Å². The number of benzene rings is 1. The summed E-state index contributed by atoms with van der Waals surface area (Å²) in [6.07, 6.45) is 0. The molecule has 1 aromatic carbocycles. The predicted molar refractivity (Wildman–Crippen MR) is 102 cm³/mol. The van der Waals surface area contributed by atoms with E-state index in [4.69, 9.17) is 0 Å². The largest absolute Gasteiger partial charge is 0.353 e. The van der Waals surface area contributed by atoms with Crippen LogP contribution in [-0.2, 0) is 9.59 Å². The number of rotatable bonds is 8. The molecule has 5 nitrogen and oxygen atoms in total. The van der Waals surface area contributed by atoms with E-state index in [1.165, 1.54) is 0 Å². The van der Waals surface area contributed by atoms with Crippen molar-refractivity contribution in [1.29, 1.82) is 0 Å². The van der Waals surface area contributed by atoms with Crippen LogP contribution in [0.5, 0.6) is 0 Å². The Labute approximate surface area is 153 Å². The van der Waals surface area contributed by atoms with Crippen molar-refractivity contribution in [1.82, 2.24) is 15.5 Å². The van der Waals surface area contributed by atoms with Crippen LogP contribution >= 0.6 is 11.3 Å². The Morgan fingerprint density at radius 2 is 1.64 bits per heavy atom. The van der Waals surface area contributed by atoms with Gasteiger partial charge in [0.05, 0.1) is 19.1 Å². The first kappa shape index (κ1) is 19.1. The Morgan fingerprint density at radius 1 is 1.00 bits per heavy atom. The van der Waals surface area contributed by atoms with Crippen molar-refractivity contribution in [2.24, 2.45) is 0 Å². The smallest absolute Gasteiger partial charge is 0.234 e. The average Bonchev–Trinajstić information content (AvgIpc) is 3.06. The summed E-state index contributed by atoms with van der Waals surface area (Å²) >= 11 is 1.61. The maximum Gasteiger partial charge on any atom is 0.234 e. The number of hydrogen-bond donors (Lipinski definition) is 2. The van der Waals surface area contributed by atoms with Crippen molar-refractivity contribution in [3.8, 4) is 0 Å². The highest BCUT2D eigenvalue weighted by atomic mass is 32.1. The summed E-state index contributed by atoms with van der Waals surface area (Å²) < 4.78 is 0. The first-order valence-corrected chi connectivity index (χ1v) is 9.19. The average molecular weight is 359 g/mol. The fourth-order valence-electron chi connectivity index (χ4n) is 2.54. The zero-order valence-corrected chi connectivity index (χ0v) is 15.7. The molecule has 134 valence electrons. The summed E-state index contributed by atoms with van der Waals surface area (Å²) in [6.45, 7) is 4.19. The molecule has 0 saturated carbocycles. The van der Waals surface area contributed by atoms with E-state index in [0.717, 1.165) is 10.4 Å². The summed E-state index contributed by atoms with van der Waals surface area (Å²) in [5.74, 6) is -0.190. The Kier molecular flexibility index (Phi) is 7.16. The van der Waals surface area contributed by atoms with Crippen LogP contribution in [0, 0.1) is 0 Å². The lowest BCUT2D eigenvalue weighted by atomic mass is 10.1. The molecule has 1 aromatic heterocycles.